The molecular weight excluding hydrogens is 426 g/mol. The van der Waals surface area contributed by atoms with Crippen molar-refractivity contribution in [2.24, 2.45) is 0 Å². The number of fused-ring (bicyclic) bond motifs is 5. The van der Waals surface area contributed by atoms with E-state index in [1.807, 2.05) is 66.7 Å². The Kier molecular flexibility index (Phi) is 4.66. The summed E-state index contributed by atoms with van der Waals surface area (Å²) in [5.41, 5.74) is 2.35. The maximum Gasteiger partial charge on any atom is 0.266 e. The molecule has 0 fully saturated rings. The number of amides is 1. The van der Waals surface area contributed by atoms with Gasteiger partial charge in [-0.05, 0) is 53.1 Å². The third kappa shape index (κ3) is 3.23. The number of methoxy groups -OCH3 is 1. The summed E-state index contributed by atoms with van der Waals surface area (Å²) in [6.45, 7) is 0. The van der Waals surface area contributed by atoms with E-state index >= 15 is 0 Å². The maximum atomic E-state index is 13.9. The first-order chi connectivity index (χ1) is 16.6. The summed E-state index contributed by atoms with van der Waals surface area (Å²) in [5, 5.41) is 5.45. The average molecular weight is 447 g/mol. The lowest BCUT2D eigenvalue weighted by Crippen LogP contribution is -2.31. The quantitative estimate of drug-likeness (QED) is 0.440. The number of carbonyl (C=O) groups is 1. The van der Waals surface area contributed by atoms with Crippen molar-refractivity contribution in [1.29, 1.82) is 0 Å². The lowest BCUT2D eigenvalue weighted by Gasteiger charge is -2.19. The van der Waals surface area contributed by atoms with E-state index in [1.54, 1.807) is 29.9 Å². The largest absolute Gasteiger partial charge is 0.497 e. The number of hydrogen-bond acceptors (Lipinski definition) is 4. The van der Waals surface area contributed by atoms with Crippen LogP contribution >= 0.6 is 0 Å². The second kappa shape index (κ2) is 7.85. The molecule has 0 aliphatic carbocycles. The monoisotopic (exact) mass is 447 g/mol. The van der Waals surface area contributed by atoms with Crippen molar-refractivity contribution < 1.29 is 9.53 Å². The van der Waals surface area contributed by atoms with Gasteiger partial charge in [0.2, 0.25) is 0 Å². The summed E-state index contributed by atoms with van der Waals surface area (Å²) in [4.78, 5) is 32.3. The van der Waals surface area contributed by atoms with Gasteiger partial charge in [-0.15, -0.1) is 0 Å². The Hall–Kier alpha value is -4.45. The first-order valence-corrected chi connectivity index (χ1v) is 11.1. The molecule has 34 heavy (non-hydrogen) atoms. The summed E-state index contributed by atoms with van der Waals surface area (Å²) in [6, 6.07) is 26.2. The van der Waals surface area contributed by atoms with Gasteiger partial charge in [0, 0.05) is 0 Å². The second-order valence-electron chi connectivity index (χ2n) is 8.43. The van der Waals surface area contributed by atoms with Crippen LogP contribution in [0.15, 0.2) is 89.7 Å². The lowest BCUT2D eigenvalue weighted by atomic mass is 10.0. The number of ether oxygens (including phenoxy) is 1. The van der Waals surface area contributed by atoms with Crippen LogP contribution in [0.2, 0.25) is 0 Å². The molecule has 2 heterocycles. The normalized spacial score (nSPS) is 14.9. The molecule has 0 saturated carbocycles. The van der Waals surface area contributed by atoms with Gasteiger partial charge < -0.3 is 10.1 Å². The molecule has 166 valence electrons. The predicted molar refractivity (Wildman–Crippen MR) is 132 cm³/mol. The molecule has 5 aromatic rings. The van der Waals surface area contributed by atoms with Gasteiger partial charge in [-0.3, -0.25) is 14.2 Å². The fraction of sp³-hybridized carbons (Fsp3) is 0.107. The Bertz CT molecular complexity index is 1640. The molecule has 6 nitrogen and oxygen atoms in total. The Morgan fingerprint density at radius 1 is 0.912 bits per heavy atom. The van der Waals surface area contributed by atoms with E-state index in [2.05, 4.69) is 5.32 Å². The van der Waals surface area contributed by atoms with Crippen molar-refractivity contribution in [1.82, 2.24) is 14.9 Å². The third-order valence-corrected chi connectivity index (χ3v) is 6.35. The number of carbonyl (C=O) groups excluding carboxylic acids is 1. The van der Waals surface area contributed by atoms with Crippen molar-refractivity contribution in [2.75, 3.05) is 7.11 Å². The van der Waals surface area contributed by atoms with Crippen LogP contribution in [0.1, 0.15) is 27.8 Å². The Morgan fingerprint density at radius 2 is 1.65 bits per heavy atom. The summed E-state index contributed by atoms with van der Waals surface area (Å²) in [7, 11) is 1.57. The zero-order chi connectivity index (χ0) is 23.2. The van der Waals surface area contributed by atoms with Crippen molar-refractivity contribution in [2.45, 2.75) is 12.5 Å². The fourth-order valence-corrected chi connectivity index (χ4v) is 4.66. The van der Waals surface area contributed by atoms with Gasteiger partial charge in [-0.2, -0.15) is 0 Å². The van der Waals surface area contributed by atoms with E-state index in [4.69, 9.17) is 9.72 Å². The smallest absolute Gasteiger partial charge is 0.266 e. The zero-order valence-corrected chi connectivity index (χ0v) is 18.5. The first-order valence-electron chi connectivity index (χ1n) is 11.1. The number of nitrogens with zero attached hydrogens (tertiary/aromatic N) is 2. The number of hydrogen-bond donors (Lipinski definition) is 1. The highest BCUT2D eigenvalue weighted by Crippen LogP contribution is 2.30. The van der Waals surface area contributed by atoms with E-state index < -0.39 is 6.04 Å². The van der Waals surface area contributed by atoms with Crippen LogP contribution in [0.4, 0.5) is 0 Å². The summed E-state index contributed by atoms with van der Waals surface area (Å²) >= 11 is 0. The van der Waals surface area contributed by atoms with Crippen LogP contribution in [0.3, 0.4) is 0 Å². The molecule has 0 spiro atoms. The Labute approximate surface area is 195 Å². The van der Waals surface area contributed by atoms with Crippen molar-refractivity contribution in [3.05, 3.63) is 112 Å². The highest BCUT2D eigenvalue weighted by molar-refractivity contribution is 6.03. The summed E-state index contributed by atoms with van der Waals surface area (Å²) in [6.07, 6.45) is 0.508. The summed E-state index contributed by atoms with van der Waals surface area (Å²) in [5.74, 6) is 0.858. The standard InChI is InChI=1S/C28H21N3O3/c1-34-20-11-12-23-21(16-20)28(33)31-25-15-19-10-6-5-9-18(19)14-22(25)27(32)30-24(26(31)29-23)13-17-7-3-2-4-8-17/h2-12,14-16,24H,13H2,1H3,(H,30,32). The molecule has 6 heteroatoms. The van der Waals surface area contributed by atoms with E-state index in [9.17, 15) is 9.59 Å². The van der Waals surface area contributed by atoms with Gasteiger partial charge in [0.1, 0.15) is 11.6 Å². The van der Waals surface area contributed by atoms with Crippen LogP contribution in [0.25, 0.3) is 27.4 Å². The maximum absolute atomic E-state index is 13.9. The predicted octanol–water partition coefficient (Wildman–Crippen LogP) is 4.57. The van der Waals surface area contributed by atoms with Gasteiger partial charge in [-0.1, -0.05) is 54.6 Å². The van der Waals surface area contributed by atoms with Crippen molar-refractivity contribution in [3.63, 3.8) is 0 Å². The Balaban J connectivity index is 1.68. The third-order valence-electron chi connectivity index (χ3n) is 6.35. The van der Waals surface area contributed by atoms with Crippen molar-refractivity contribution in [3.8, 4) is 11.4 Å². The molecule has 1 aliphatic rings. The molecule has 0 saturated heterocycles. The van der Waals surface area contributed by atoms with Crippen molar-refractivity contribution >= 4 is 27.6 Å². The number of benzene rings is 4. The van der Waals surface area contributed by atoms with Crippen LogP contribution in [-0.2, 0) is 6.42 Å². The SMILES string of the molecule is COc1ccc2nc3n(c(=O)c2c1)-c1cc2ccccc2cc1C(=O)NC3Cc1ccccc1. The highest BCUT2D eigenvalue weighted by atomic mass is 16.5. The van der Waals surface area contributed by atoms with Gasteiger partial charge >= 0.3 is 0 Å². The molecule has 1 aromatic heterocycles. The fourth-order valence-electron chi connectivity index (χ4n) is 4.66. The number of rotatable bonds is 3. The lowest BCUT2D eigenvalue weighted by molar-refractivity contribution is 0.0938. The minimum absolute atomic E-state index is 0.228. The molecule has 1 atom stereocenters. The molecule has 1 amide bonds. The minimum Gasteiger partial charge on any atom is -0.497 e. The van der Waals surface area contributed by atoms with E-state index in [-0.39, 0.29) is 11.5 Å². The molecule has 0 radical (unpaired) electrons. The number of nitrogens with one attached hydrogen (secondary N) is 1. The molecule has 4 aromatic carbocycles. The van der Waals surface area contributed by atoms with Gasteiger partial charge in [0.25, 0.3) is 11.5 Å². The highest BCUT2D eigenvalue weighted by Gasteiger charge is 2.30. The van der Waals surface area contributed by atoms with E-state index in [1.165, 1.54) is 0 Å². The molecule has 1 N–H and O–H groups in total. The van der Waals surface area contributed by atoms with Gasteiger partial charge in [0.05, 0.1) is 35.3 Å². The van der Waals surface area contributed by atoms with Crippen LogP contribution < -0.4 is 15.6 Å². The molecule has 6 rings (SSSR count). The topological polar surface area (TPSA) is 73.2 Å². The van der Waals surface area contributed by atoms with Gasteiger partial charge in [0.15, 0.2) is 0 Å². The van der Waals surface area contributed by atoms with Crippen LogP contribution in [0, 0.1) is 0 Å². The van der Waals surface area contributed by atoms with Gasteiger partial charge in [-0.25, -0.2) is 4.98 Å². The van der Waals surface area contributed by atoms with Crippen LogP contribution in [-0.4, -0.2) is 22.6 Å². The first kappa shape index (κ1) is 20.2. The molecule has 0 bridgehead atoms. The number of aromatic nitrogens is 2. The van der Waals surface area contributed by atoms with Crippen LogP contribution in [0.5, 0.6) is 5.75 Å². The van der Waals surface area contributed by atoms with E-state index in [0.29, 0.717) is 40.1 Å². The average Bonchev–Trinajstić information content (AvgIpc) is 2.98. The molecule has 1 aliphatic heterocycles. The second-order valence-corrected chi connectivity index (χ2v) is 8.43. The molecular formula is C28H21N3O3. The summed E-state index contributed by atoms with van der Waals surface area (Å²) < 4.78 is 6.94. The van der Waals surface area contributed by atoms with E-state index in [0.717, 1.165) is 16.3 Å². The molecule has 1 unspecified atom stereocenters. The minimum atomic E-state index is -0.482. The zero-order valence-electron chi connectivity index (χ0n) is 18.5. The Morgan fingerprint density at radius 3 is 2.41 bits per heavy atom.